The first-order valence-electron chi connectivity index (χ1n) is 6.24. The highest BCUT2D eigenvalue weighted by molar-refractivity contribution is 7.90. The quantitative estimate of drug-likeness (QED) is 0.587. The molecular formula is C11H20N2O5S. The number of hydrogen-bond acceptors (Lipinski definition) is 5. The van der Waals surface area contributed by atoms with Gasteiger partial charge in [0.05, 0.1) is 11.8 Å². The first-order chi connectivity index (χ1) is 8.79. The van der Waals surface area contributed by atoms with E-state index in [0.29, 0.717) is 6.42 Å². The van der Waals surface area contributed by atoms with Crippen LogP contribution in [-0.4, -0.2) is 56.0 Å². The van der Waals surface area contributed by atoms with Crippen molar-refractivity contribution in [2.45, 2.75) is 37.8 Å². The highest BCUT2D eigenvalue weighted by Crippen LogP contribution is 2.07. The second-order valence-corrected chi connectivity index (χ2v) is 7.08. The summed E-state index contributed by atoms with van der Waals surface area (Å²) < 4.78 is 22.1. The first kappa shape index (κ1) is 15.9. The maximum atomic E-state index is 11.9. The molecule has 1 heterocycles. The lowest BCUT2D eigenvalue weighted by molar-refractivity contribution is -0.142. The number of hydrogen-bond donors (Lipinski definition) is 3. The van der Waals surface area contributed by atoms with Crippen molar-refractivity contribution in [2.24, 2.45) is 0 Å². The second kappa shape index (κ2) is 6.85. The molecule has 19 heavy (non-hydrogen) atoms. The molecule has 2 atom stereocenters. The van der Waals surface area contributed by atoms with Gasteiger partial charge in [-0.15, -0.1) is 0 Å². The third-order valence-electron chi connectivity index (χ3n) is 3.02. The highest BCUT2D eigenvalue weighted by Gasteiger charge is 2.26. The van der Waals surface area contributed by atoms with Gasteiger partial charge in [0.2, 0.25) is 5.91 Å². The number of sulfone groups is 1. The molecule has 1 aliphatic heterocycles. The van der Waals surface area contributed by atoms with Gasteiger partial charge in [0.25, 0.3) is 0 Å². The number of rotatable bonds is 6. The summed E-state index contributed by atoms with van der Waals surface area (Å²) in [6, 6.07) is -1.54. The molecule has 1 fully saturated rings. The van der Waals surface area contributed by atoms with Crippen LogP contribution in [0, 0.1) is 0 Å². The maximum absolute atomic E-state index is 11.9. The van der Waals surface area contributed by atoms with Gasteiger partial charge < -0.3 is 15.7 Å². The van der Waals surface area contributed by atoms with E-state index in [9.17, 15) is 18.0 Å². The number of nitrogens with one attached hydrogen (secondary N) is 2. The Hall–Kier alpha value is -1.15. The van der Waals surface area contributed by atoms with Gasteiger partial charge in [-0.1, -0.05) is 6.42 Å². The van der Waals surface area contributed by atoms with Crippen molar-refractivity contribution in [1.29, 1.82) is 0 Å². The monoisotopic (exact) mass is 292 g/mol. The second-order valence-electron chi connectivity index (χ2n) is 4.82. The Morgan fingerprint density at radius 2 is 2.11 bits per heavy atom. The molecule has 0 spiro atoms. The van der Waals surface area contributed by atoms with Crippen LogP contribution in [0.2, 0.25) is 0 Å². The van der Waals surface area contributed by atoms with Crippen LogP contribution in [-0.2, 0) is 19.4 Å². The molecule has 0 saturated carbocycles. The van der Waals surface area contributed by atoms with Crippen molar-refractivity contribution in [3.05, 3.63) is 0 Å². The van der Waals surface area contributed by atoms with Crippen molar-refractivity contribution in [3.8, 4) is 0 Å². The van der Waals surface area contributed by atoms with E-state index in [1.54, 1.807) is 0 Å². The van der Waals surface area contributed by atoms with Crippen LogP contribution in [0.15, 0.2) is 0 Å². The van der Waals surface area contributed by atoms with Crippen LogP contribution in [0.1, 0.15) is 25.7 Å². The zero-order valence-corrected chi connectivity index (χ0v) is 11.7. The van der Waals surface area contributed by atoms with Crippen LogP contribution in [0.5, 0.6) is 0 Å². The van der Waals surface area contributed by atoms with E-state index < -0.39 is 21.8 Å². The lowest BCUT2D eigenvalue weighted by Gasteiger charge is -2.24. The Balaban J connectivity index is 2.52. The summed E-state index contributed by atoms with van der Waals surface area (Å²) in [6.45, 7) is 0.735. The molecule has 0 radical (unpaired) electrons. The van der Waals surface area contributed by atoms with Gasteiger partial charge in [0.15, 0.2) is 0 Å². The molecule has 8 heteroatoms. The average molecular weight is 292 g/mol. The van der Waals surface area contributed by atoms with Crippen LogP contribution in [0.4, 0.5) is 0 Å². The number of aliphatic carboxylic acids is 1. The Morgan fingerprint density at radius 3 is 2.58 bits per heavy atom. The molecule has 110 valence electrons. The molecule has 7 nitrogen and oxygen atoms in total. The summed E-state index contributed by atoms with van der Waals surface area (Å²) in [5.41, 5.74) is 0. The molecule has 1 aliphatic rings. The number of piperidine rings is 1. The average Bonchev–Trinajstić information content (AvgIpc) is 2.33. The van der Waals surface area contributed by atoms with Gasteiger partial charge >= 0.3 is 5.97 Å². The summed E-state index contributed by atoms with van der Waals surface area (Å²) in [6.07, 6.45) is 3.51. The van der Waals surface area contributed by atoms with Crippen molar-refractivity contribution in [1.82, 2.24) is 10.6 Å². The Kier molecular flexibility index (Phi) is 5.74. The normalized spacial score (nSPS) is 21.6. The van der Waals surface area contributed by atoms with Crippen molar-refractivity contribution >= 4 is 21.7 Å². The molecule has 0 aromatic rings. The van der Waals surface area contributed by atoms with Crippen LogP contribution in [0.3, 0.4) is 0 Å². The summed E-state index contributed by atoms with van der Waals surface area (Å²) >= 11 is 0. The summed E-state index contributed by atoms with van der Waals surface area (Å²) in [4.78, 5) is 22.9. The topological polar surface area (TPSA) is 113 Å². The molecule has 1 amide bonds. The summed E-state index contributed by atoms with van der Waals surface area (Å²) in [7, 11) is -3.24. The first-order valence-corrected chi connectivity index (χ1v) is 8.30. The fourth-order valence-corrected chi connectivity index (χ4v) is 2.60. The third-order valence-corrected chi connectivity index (χ3v) is 4.00. The fourth-order valence-electron chi connectivity index (χ4n) is 1.94. The zero-order chi connectivity index (χ0) is 14.5. The molecular weight excluding hydrogens is 272 g/mol. The predicted molar refractivity (Wildman–Crippen MR) is 69.5 cm³/mol. The van der Waals surface area contributed by atoms with Crippen molar-refractivity contribution in [2.75, 3.05) is 18.6 Å². The predicted octanol–water partition coefficient (Wildman–Crippen LogP) is -0.867. The SMILES string of the molecule is CS(=O)(=O)CCC(NC(=O)[C@@H]1CCCCN1)C(=O)O. The zero-order valence-electron chi connectivity index (χ0n) is 10.9. The summed E-state index contributed by atoms with van der Waals surface area (Å²) in [5, 5.41) is 14.4. The molecule has 1 unspecified atom stereocenters. The smallest absolute Gasteiger partial charge is 0.326 e. The number of carboxylic acids is 1. The molecule has 3 N–H and O–H groups in total. The maximum Gasteiger partial charge on any atom is 0.326 e. The van der Waals surface area contributed by atoms with Crippen molar-refractivity contribution < 1.29 is 23.1 Å². The van der Waals surface area contributed by atoms with E-state index in [4.69, 9.17) is 5.11 Å². The number of amides is 1. The van der Waals surface area contributed by atoms with Gasteiger partial charge in [-0.05, 0) is 25.8 Å². The molecule has 0 aliphatic carbocycles. The van der Waals surface area contributed by atoms with Crippen LogP contribution in [0.25, 0.3) is 0 Å². The van der Waals surface area contributed by atoms with E-state index in [0.717, 1.165) is 25.6 Å². The lowest BCUT2D eigenvalue weighted by Crippen LogP contribution is -2.51. The van der Waals surface area contributed by atoms with Crippen LogP contribution < -0.4 is 10.6 Å². The Bertz CT molecular complexity index is 428. The molecule has 0 aromatic carbocycles. The number of carbonyl (C=O) groups excluding carboxylic acids is 1. The fraction of sp³-hybridized carbons (Fsp3) is 0.818. The lowest BCUT2D eigenvalue weighted by atomic mass is 10.0. The molecule has 0 aromatic heterocycles. The molecule has 1 rings (SSSR count). The minimum atomic E-state index is -3.24. The van der Waals surface area contributed by atoms with Crippen LogP contribution >= 0.6 is 0 Å². The van der Waals surface area contributed by atoms with E-state index >= 15 is 0 Å². The van der Waals surface area contributed by atoms with Gasteiger partial charge in [-0.3, -0.25) is 4.79 Å². The molecule has 0 bridgehead atoms. The summed E-state index contributed by atoms with van der Waals surface area (Å²) in [5.74, 6) is -1.85. The third kappa shape index (κ3) is 6.02. The number of carbonyl (C=O) groups is 2. The van der Waals surface area contributed by atoms with Gasteiger partial charge in [0.1, 0.15) is 15.9 Å². The minimum absolute atomic E-state index is 0.118. The minimum Gasteiger partial charge on any atom is -0.480 e. The standard InChI is InChI=1S/C11H20N2O5S/c1-19(17,18)7-5-9(11(15)16)13-10(14)8-4-2-3-6-12-8/h8-9,12H,2-7H2,1H3,(H,13,14)(H,15,16)/t8-,9?/m0/s1. The van der Waals surface area contributed by atoms with Crippen molar-refractivity contribution in [3.63, 3.8) is 0 Å². The highest BCUT2D eigenvalue weighted by atomic mass is 32.2. The van der Waals surface area contributed by atoms with E-state index in [2.05, 4.69) is 10.6 Å². The van der Waals surface area contributed by atoms with E-state index in [1.165, 1.54) is 0 Å². The Labute approximate surface area is 112 Å². The number of carboxylic acid groups (broad SMARTS) is 1. The molecule has 1 saturated heterocycles. The van der Waals surface area contributed by atoms with Gasteiger partial charge in [-0.2, -0.15) is 0 Å². The largest absolute Gasteiger partial charge is 0.480 e. The van der Waals surface area contributed by atoms with E-state index in [-0.39, 0.29) is 24.1 Å². The van der Waals surface area contributed by atoms with Gasteiger partial charge in [0, 0.05) is 6.26 Å². The Morgan fingerprint density at radius 1 is 1.42 bits per heavy atom. The van der Waals surface area contributed by atoms with Gasteiger partial charge in [-0.25, -0.2) is 13.2 Å². The van der Waals surface area contributed by atoms with E-state index in [1.807, 2.05) is 0 Å².